The van der Waals surface area contributed by atoms with Gasteiger partial charge in [0.1, 0.15) is 0 Å². The highest BCUT2D eigenvalue weighted by atomic mass is 79.9. The van der Waals surface area contributed by atoms with Gasteiger partial charge in [-0.25, -0.2) is 0 Å². The maximum Gasteiger partial charge on any atom is 0.0452 e. The van der Waals surface area contributed by atoms with Crippen LogP contribution in [0.4, 0.5) is 0 Å². The quantitative estimate of drug-likeness (QED) is 0.749. The third-order valence-electron chi connectivity index (χ3n) is 2.29. The summed E-state index contributed by atoms with van der Waals surface area (Å²) in [5.41, 5.74) is 2.41. The number of halogens is 2. The van der Waals surface area contributed by atoms with E-state index in [1.165, 1.54) is 5.56 Å². The smallest absolute Gasteiger partial charge is 0.0452 e. The van der Waals surface area contributed by atoms with Gasteiger partial charge in [0.25, 0.3) is 0 Å². The van der Waals surface area contributed by atoms with E-state index in [0.29, 0.717) is 0 Å². The van der Waals surface area contributed by atoms with E-state index >= 15 is 0 Å². The van der Waals surface area contributed by atoms with E-state index in [1.807, 2.05) is 36.4 Å². The van der Waals surface area contributed by atoms with Crippen molar-refractivity contribution in [1.82, 2.24) is 0 Å². The summed E-state index contributed by atoms with van der Waals surface area (Å²) >= 11 is 9.67. The molecule has 2 heteroatoms. The van der Waals surface area contributed by atoms with Gasteiger partial charge in [0.05, 0.1) is 0 Å². The molecule has 0 bridgehead atoms. The number of benzene rings is 2. The van der Waals surface area contributed by atoms with Gasteiger partial charge in [0.2, 0.25) is 0 Å². The van der Waals surface area contributed by atoms with Crippen LogP contribution in [0.5, 0.6) is 0 Å². The molecule has 0 unspecified atom stereocenters. The summed E-state index contributed by atoms with van der Waals surface area (Å²) in [5, 5.41) is 0.813. The molecule has 15 heavy (non-hydrogen) atoms. The Bertz CT molecular complexity index is 431. The molecule has 0 N–H and O–H groups in total. The topological polar surface area (TPSA) is 0 Å². The normalized spacial score (nSPS) is 10.3. The lowest BCUT2D eigenvalue weighted by atomic mass is 10.1. The standard InChI is InChI=1S/C13H10BrCl/c14-12-7-4-8-13(15)11(12)9-10-5-2-1-3-6-10/h1-8H,9H2. The highest BCUT2D eigenvalue weighted by molar-refractivity contribution is 9.10. The molecule has 0 nitrogen and oxygen atoms in total. The fraction of sp³-hybridized carbons (Fsp3) is 0.0769. The average molecular weight is 282 g/mol. The molecule has 0 saturated heterocycles. The molecular weight excluding hydrogens is 272 g/mol. The first-order valence-corrected chi connectivity index (χ1v) is 5.91. The van der Waals surface area contributed by atoms with Crippen LogP contribution in [0, 0.1) is 0 Å². The number of hydrogen-bond donors (Lipinski definition) is 0. The van der Waals surface area contributed by atoms with E-state index in [1.54, 1.807) is 0 Å². The highest BCUT2D eigenvalue weighted by Crippen LogP contribution is 2.26. The van der Waals surface area contributed by atoms with E-state index in [9.17, 15) is 0 Å². The van der Waals surface area contributed by atoms with E-state index in [4.69, 9.17) is 11.6 Å². The fourth-order valence-corrected chi connectivity index (χ4v) is 2.36. The minimum atomic E-state index is 0.813. The highest BCUT2D eigenvalue weighted by Gasteiger charge is 2.05. The van der Waals surface area contributed by atoms with Crippen molar-refractivity contribution < 1.29 is 0 Å². The number of rotatable bonds is 2. The van der Waals surface area contributed by atoms with Crippen LogP contribution in [0.3, 0.4) is 0 Å². The second kappa shape index (κ2) is 4.82. The van der Waals surface area contributed by atoms with E-state index in [0.717, 1.165) is 21.5 Å². The molecular formula is C13H10BrCl. The molecule has 0 heterocycles. The van der Waals surface area contributed by atoms with Crippen LogP contribution in [0.25, 0.3) is 0 Å². The third kappa shape index (κ3) is 2.61. The van der Waals surface area contributed by atoms with Gasteiger partial charge in [-0.05, 0) is 23.3 Å². The van der Waals surface area contributed by atoms with Crippen LogP contribution >= 0.6 is 27.5 Å². The predicted molar refractivity (Wildman–Crippen MR) is 68.4 cm³/mol. The van der Waals surface area contributed by atoms with E-state index in [2.05, 4.69) is 28.1 Å². The lowest BCUT2D eigenvalue weighted by Gasteiger charge is -2.06. The summed E-state index contributed by atoms with van der Waals surface area (Å²) in [6, 6.07) is 16.2. The number of hydrogen-bond acceptors (Lipinski definition) is 0. The molecule has 0 aliphatic rings. The van der Waals surface area contributed by atoms with Gasteiger partial charge in [0.15, 0.2) is 0 Å². The Morgan fingerprint density at radius 3 is 2.33 bits per heavy atom. The monoisotopic (exact) mass is 280 g/mol. The Morgan fingerprint density at radius 1 is 0.933 bits per heavy atom. The molecule has 76 valence electrons. The van der Waals surface area contributed by atoms with Crippen molar-refractivity contribution in [2.24, 2.45) is 0 Å². The zero-order valence-electron chi connectivity index (χ0n) is 8.08. The largest absolute Gasteiger partial charge is 0.0840 e. The third-order valence-corrected chi connectivity index (χ3v) is 3.38. The molecule has 0 atom stereocenters. The van der Waals surface area contributed by atoms with Gasteiger partial charge < -0.3 is 0 Å². The average Bonchev–Trinajstić information content (AvgIpc) is 2.25. The van der Waals surface area contributed by atoms with Crippen molar-refractivity contribution in [2.75, 3.05) is 0 Å². The molecule has 2 rings (SSSR count). The van der Waals surface area contributed by atoms with Gasteiger partial charge in [-0.15, -0.1) is 0 Å². The maximum absolute atomic E-state index is 6.15. The maximum atomic E-state index is 6.15. The zero-order valence-corrected chi connectivity index (χ0v) is 10.4. The first kappa shape index (κ1) is 10.7. The zero-order chi connectivity index (χ0) is 10.7. The molecule has 0 spiro atoms. The van der Waals surface area contributed by atoms with Crippen molar-refractivity contribution in [3.05, 3.63) is 69.2 Å². The molecule has 0 fully saturated rings. The van der Waals surface area contributed by atoms with Crippen molar-refractivity contribution >= 4 is 27.5 Å². The van der Waals surface area contributed by atoms with Crippen LogP contribution in [0.2, 0.25) is 5.02 Å². The molecule has 2 aromatic carbocycles. The summed E-state index contributed by atoms with van der Waals surface area (Å²) in [5.74, 6) is 0. The van der Waals surface area contributed by atoms with Crippen molar-refractivity contribution in [2.45, 2.75) is 6.42 Å². The Kier molecular flexibility index (Phi) is 3.45. The van der Waals surface area contributed by atoms with Gasteiger partial charge in [-0.3, -0.25) is 0 Å². The molecule has 0 aliphatic carbocycles. The van der Waals surface area contributed by atoms with Crippen molar-refractivity contribution in [3.63, 3.8) is 0 Å². The molecule has 0 saturated carbocycles. The van der Waals surface area contributed by atoms with E-state index < -0.39 is 0 Å². The second-order valence-electron chi connectivity index (χ2n) is 3.36. The fourth-order valence-electron chi connectivity index (χ4n) is 1.50. The molecule has 0 aromatic heterocycles. The van der Waals surface area contributed by atoms with Gasteiger partial charge in [-0.1, -0.05) is 63.9 Å². The van der Waals surface area contributed by atoms with Crippen molar-refractivity contribution in [1.29, 1.82) is 0 Å². The summed E-state index contributed by atoms with van der Waals surface area (Å²) in [6.07, 6.45) is 0.862. The summed E-state index contributed by atoms with van der Waals surface area (Å²) in [6.45, 7) is 0. The van der Waals surface area contributed by atoms with Crippen LogP contribution in [-0.2, 0) is 6.42 Å². The Balaban J connectivity index is 2.32. The Morgan fingerprint density at radius 2 is 1.67 bits per heavy atom. The second-order valence-corrected chi connectivity index (χ2v) is 4.62. The van der Waals surface area contributed by atoms with Gasteiger partial charge >= 0.3 is 0 Å². The molecule has 0 amide bonds. The van der Waals surface area contributed by atoms with E-state index in [-0.39, 0.29) is 0 Å². The van der Waals surface area contributed by atoms with Crippen molar-refractivity contribution in [3.8, 4) is 0 Å². The summed E-state index contributed by atoms with van der Waals surface area (Å²) in [4.78, 5) is 0. The molecule has 0 aliphatic heterocycles. The SMILES string of the molecule is Clc1cccc(Br)c1Cc1ccccc1. The van der Waals surface area contributed by atoms with Crippen LogP contribution < -0.4 is 0 Å². The van der Waals surface area contributed by atoms with Gasteiger partial charge in [0, 0.05) is 15.9 Å². The predicted octanol–water partition coefficient (Wildman–Crippen LogP) is 4.69. The Labute approximate surface area is 103 Å². The minimum Gasteiger partial charge on any atom is -0.0840 e. The van der Waals surface area contributed by atoms with Crippen LogP contribution in [0.1, 0.15) is 11.1 Å². The van der Waals surface area contributed by atoms with Gasteiger partial charge in [-0.2, -0.15) is 0 Å². The Hall–Kier alpha value is -0.790. The first-order valence-electron chi connectivity index (χ1n) is 4.74. The van der Waals surface area contributed by atoms with Crippen LogP contribution in [-0.4, -0.2) is 0 Å². The first-order chi connectivity index (χ1) is 7.27. The minimum absolute atomic E-state index is 0.813. The van der Waals surface area contributed by atoms with Crippen LogP contribution in [0.15, 0.2) is 53.0 Å². The summed E-state index contributed by atoms with van der Waals surface area (Å²) in [7, 11) is 0. The lowest BCUT2D eigenvalue weighted by molar-refractivity contribution is 1.18. The summed E-state index contributed by atoms with van der Waals surface area (Å²) < 4.78 is 1.07. The lowest BCUT2D eigenvalue weighted by Crippen LogP contribution is -1.90. The molecule has 0 radical (unpaired) electrons. The molecule has 2 aromatic rings.